The Morgan fingerprint density at radius 3 is 2.88 bits per heavy atom. The maximum absolute atomic E-state index is 8.94. The first kappa shape index (κ1) is 12.3. The van der Waals surface area contributed by atoms with E-state index in [1.807, 2.05) is 0 Å². The quantitative estimate of drug-likeness (QED) is 0.841. The minimum absolute atomic E-state index is 0.240. The number of hydrogen-bond donors (Lipinski definition) is 1. The minimum Gasteiger partial charge on any atom is -0.396 e. The number of fused-ring (bicyclic) bond motifs is 1. The fraction of sp³-hybridized carbons (Fsp3) is 0.692. The van der Waals surface area contributed by atoms with Gasteiger partial charge in [0.1, 0.15) is 12.1 Å². The van der Waals surface area contributed by atoms with Crippen LogP contribution in [0.15, 0.2) is 6.33 Å². The highest BCUT2D eigenvalue weighted by Gasteiger charge is 2.18. The molecule has 0 unspecified atom stereocenters. The summed E-state index contributed by atoms with van der Waals surface area (Å²) in [5.74, 6) is 1.09. The van der Waals surface area contributed by atoms with Crippen LogP contribution in [0, 0.1) is 0 Å². The molecule has 1 heterocycles. The molecule has 0 saturated heterocycles. The lowest BCUT2D eigenvalue weighted by Gasteiger charge is -2.26. The summed E-state index contributed by atoms with van der Waals surface area (Å²) in [6, 6.07) is 0. The molecule has 0 amide bonds. The predicted molar refractivity (Wildman–Crippen MR) is 68.3 cm³/mol. The van der Waals surface area contributed by atoms with Gasteiger partial charge < -0.3 is 10.0 Å². The summed E-state index contributed by atoms with van der Waals surface area (Å²) < 4.78 is 0. The van der Waals surface area contributed by atoms with Gasteiger partial charge >= 0.3 is 0 Å². The molecule has 1 aromatic rings. The van der Waals surface area contributed by atoms with Crippen LogP contribution in [0.2, 0.25) is 0 Å². The first-order valence-corrected chi connectivity index (χ1v) is 6.55. The zero-order valence-electron chi connectivity index (χ0n) is 10.5. The Hall–Kier alpha value is -1.16. The monoisotopic (exact) mass is 235 g/mol. The molecular formula is C13H21N3O. The van der Waals surface area contributed by atoms with Gasteiger partial charge in [0.25, 0.3) is 0 Å². The molecule has 1 aliphatic rings. The minimum atomic E-state index is 0.240. The van der Waals surface area contributed by atoms with Crippen LogP contribution in [-0.2, 0) is 12.8 Å². The molecule has 0 bridgehead atoms. The van der Waals surface area contributed by atoms with Crippen molar-refractivity contribution >= 4 is 5.82 Å². The highest BCUT2D eigenvalue weighted by molar-refractivity contribution is 5.49. The second-order valence-corrected chi connectivity index (χ2v) is 4.49. The van der Waals surface area contributed by atoms with E-state index in [2.05, 4.69) is 21.8 Å². The van der Waals surface area contributed by atoms with Gasteiger partial charge in [-0.1, -0.05) is 0 Å². The molecule has 2 rings (SSSR count). The van der Waals surface area contributed by atoms with Crippen molar-refractivity contribution in [2.24, 2.45) is 0 Å². The maximum Gasteiger partial charge on any atom is 0.135 e. The molecule has 0 fully saturated rings. The molecule has 4 heteroatoms. The molecule has 1 N–H and O–H groups in total. The molecule has 94 valence electrons. The highest BCUT2D eigenvalue weighted by atomic mass is 16.3. The Labute approximate surface area is 103 Å². The Morgan fingerprint density at radius 1 is 1.29 bits per heavy atom. The van der Waals surface area contributed by atoms with Gasteiger partial charge in [-0.2, -0.15) is 0 Å². The largest absolute Gasteiger partial charge is 0.396 e. The molecule has 0 saturated carbocycles. The number of nitrogens with zero attached hydrogens (tertiary/aromatic N) is 3. The van der Waals surface area contributed by atoms with E-state index in [-0.39, 0.29) is 6.61 Å². The van der Waals surface area contributed by atoms with Crippen LogP contribution in [-0.4, -0.2) is 34.8 Å². The smallest absolute Gasteiger partial charge is 0.135 e. The van der Waals surface area contributed by atoms with E-state index in [9.17, 15) is 0 Å². The lowest BCUT2D eigenvalue weighted by molar-refractivity contribution is 0.289. The number of anilines is 1. The number of aliphatic hydroxyl groups is 1. The molecule has 1 aromatic heterocycles. The van der Waals surface area contributed by atoms with E-state index in [0.29, 0.717) is 0 Å². The van der Waals surface area contributed by atoms with Crippen molar-refractivity contribution in [3.63, 3.8) is 0 Å². The van der Waals surface area contributed by atoms with E-state index in [0.717, 1.165) is 38.2 Å². The molecule has 1 aliphatic carbocycles. The van der Waals surface area contributed by atoms with Gasteiger partial charge in [-0.25, -0.2) is 9.97 Å². The Balaban J connectivity index is 2.23. The number of hydrogen-bond acceptors (Lipinski definition) is 4. The summed E-state index contributed by atoms with van der Waals surface area (Å²) in [7, 11) is 0. The van der Waals surface area contributed by atoms with Crippen molar-refractivity contribution in [3.8, 4) is 0 Å². The highest BCUT2D eigenvalue weighted by Crippen LogP contribution is 2.26. The third kappa shape index (κ3) is 2.75. The molecule has 0 radical (unpaired) electrons. The average Bonchev–Trinajstić information content (AvgIpc) is 2.40. The molecule has 0 spiro atoms. The number of rotatable bonds is 5. The topological polar surface area (TPSA) is 49.2 Å². The SMILES string of the molecule is CCN(CCCO)c1ncnc2c1CCCC2. The van der Waals surface area contributed by atoms with E-state index in [1.165, 1.54) is 24.1 Å². The number of aryl methyl sites for hydroxylation is 1. The van der Waals surface area contributed by atoms with Gasteiger partial charge in [0.05, 0.1) is 0 Å². The zero-order chi connectivity index (χ0) is 12.1. The van der Waals surface area contributed by atoms with Gasteiger partial charge in [0, 0.05) is 31.0 Å². The second kappa shape index (κ2) is 5.96. The van der Waals surface area contributed by atoms with Crippen molar-refractivity contribution in [2.45, 2.75) is 39.0 Å². The van der Waals surface area contributed by atoms with Gasteiger partial charge in [0.2, 0.25) is 0 Å². The second-order valence-electron chi connectivity index (χ2n) is 4.49. The van der Waals surface area contributed by atoms with Crippen molar-refractivity contribution in [1.29, 1.82) is 0 Å². The summed E-state index contributed by atoms with van der Waals surface area (Å²) in [6.07, 6.45) is 7.15. The van der Waals surface area contributed by atoms with Crippen molar-refractivity contribution in [1.82, 2.24) is 9.97 Å². The summed E-state index contributed by atoms with van der Waals surface area (Å²) in [5.41, 5.74) is 2.56. The van der Waals surface area contributed by atoms with Crippen LogP contribution < -0.4 is 4.90 Å². The fourth-order valence-electron chi connectivity index (χ4n) is 2.45. The Kier molecular flexibility index (Phi) is 4.31. The lowest BCUT2D eigenvalue weighted by atomic mass is 9.96. The number of aromatic nitrogens is 2. The summed E-state index contributed by atoms with van der Waals surface area (Å²) >= 11 is 0. The first-order chi connectivity index (χ1) is 8.36. The summed E-state index contributed by atoms with van der Waals surface area (Å²) in [4.78, 5) is 11.1. The zero-order valence-corrected chi connectivity index (χ0v) is 10.5. The third-order valence-corrected chi connectivity index (χ3v) is 3.37. The van der Waals surface area contributed by atoms with Crippen molar-refractivity contribution < 1.29 is 5.11 Å². The van der Waals surface area contributed by atoms with Crippen LogP contribution in [0.25, 0.3) is 0 Å². The molecule has 0 atom stereocenters. The van der Waals surface area contributed by atoms with Gasteiger partial charge in [0.15, 0.2) is 0 Å². The maximum atomic E-state index is 8.94. The summed E-state index contributed by atoms with van der Waals surface area (Å²) in [5, 5.41) is 8.94. The summed E-state index contributed by atoms with van der Waals surface area (Å²) in [6.45, 7) is 4.18. The normalized spacial score (nSPS) is 14.5. The molecule has 0 aromatic carbocycles. The van der Waals surface area contributed by atoms with E-state index >= 15 is 0 Å². The predicted octanol–water partition coefficient (Wildman–Crippen LogP) is 1.56. The molecular weight excluding hydrogens is 214 g/mol. The molecule has 0 aliphatic heterocycles. The van der Waals surface area contributed by atoms with Crippen LogP contribution in [0.3, 0.4) is 0 Å². The van der Waals surface area contributed by atoms with Crippen LogP contribution in [0.1, 0.15) is 37.4 Å². The van der Waals surface area contributed by atoms with Crippen molar-refractivity contribution in [2.75, 3.05) is 24.6 Å². The van der Waals surface area contributed by atoms with Crippen molar-refractivity contribution in [3.05, 3.63) is 17.6 Å². The Morgan fingerprint density at radius 2 is 2.12 bits per heavy atom. The van der Waals surface area contributed by atoms with Crippen LogP contribution in [0.4, 0.5) is 5.82 Å². The first-order valence-electron chi connectivity index (χ1n) is 6.55. The van der Waals surface area contributed by atoms with Gasteiger partial charge in [-0.3, -0.25) is 0 Å². The average molecular weight is 235 g/mol. The van der Waals surface area contributed by atoms with Crippen LogP contribution >= 0.6 is 0 Å². The standard InChI is InChI=1S/C13H21N3O/c1-2-16(8-5-9-17)13-11-6-3-4-7-12(11)14-10-15-13/h10,17H,2-9H2,1H3. The third-order valence-electron chi connectivity index (χ3n) is 3.37. The van der Waals surface area contributed by atoms with Gasteiger partial charge in [-0.15, -0.1) is 0 Å². The van der Waals surface area contributed by atoms with E-state index < -0.39 is 0 Å². The van der Waals surface area contributed by atoms with Gasteiger partial charge in [-0.05, 0) is 39.0 Å². The molecule has 17 heavy (non-hydrogen) atoms. The molecule has 4 nitrogen and oxygen atoms in total. The van der Waals surface area contributed by atoms with E-state index in [4.69, 9.17) is 5.11 Å². The van der Waals surface area contributed by atoms with E-state index in [1.54, 1.807) is 6.33 Å². The number of aliphatic hydroxyl groups excluding tert-OH is 1. The Bertz CT molecular complexity index is 368. The van der Waals surface area contributed by atoms with Crippen LogP contribution in [0.5, 0.6) is 0 Å². The lowest BCUT2D eigenvalue weighted by Crippen LogP contribution is -2.28. The fourth-order valence-corrected chi connectivity index (χ4v) is 2.45.